The maximum absolute atomic E-state index is 6.16. The van der Waals surface area contributed by atoms with Crippen LogP contribution < -0.4 is 4.46 Å². The first-order chi connectivity index (χ1) is 11.9. The summed E-state index contributed by atoms with van der Waals surface area (Å²) in [4.78, 5) is 0. The zero-order chi connectivity index (χ0) is 16.6. The van der Waals surface area contributed by atoms with Crippen LogP contribution in [0.25, 0.3) is 5.57 Å². The van der Waals surface area contributed by atoms with Gasteiger partial charge in [-0.1, -0.05) is 0 Å². The summed E-state index contributed by atoms with van der Waals surface area (Å²) in [6.07, 6.45) is 0.912. The van der Waals surface area contributed by atoms with E-state index in [9.17, 15) is 0 Å². The normalized spacial score (nSPS) is 10.4. The molecule has 0 aliphatic heterocycles. The van der Waals surface area contributed by atoms with Crippen LogP contribution in [0.4, 0.5) is 0 Å². The van der Waals surface area contributed by atoms with Crippen LogP contribution in [0.1, 0.15) is 17.5 Å². The predicted octanol–water partition coefficient (Wildman–Crippen LogP) is 5.10. The Kier molecular flexibility index (Phi) is 6.32. The molecule has 3 aromatic rings. The fourth-order valence-corrected chi connectivity index (χ4v) is 5.43. The molecule has 0 aliphatic rings. The van der Waals surface area contributed by atoms with E-state index < -0.39 is 0 Å². The summed E-state index contributed by atoms with van der Waals surface area (Å²) in [5.74, 6) is 0.646. The molecule has 0 aromatic heterocycles. The predicted molar refractivity (Wildman–Crippen MR) is 106 cm³/mol. The topological polar surface area (TPSA) is 0 Å². The van der Waals surface area contributed by atoms with Crippen LogP contribution in [0.5, 0.6) is 0 Å². The average molecular weight is 398 g/mol. The molecule has 0 amide bonds. The summed E-state index contributed by atoms with van der Waals surface area (Å²) < 4.78 is 2.83. The van der Waals surface area contributed by atoms with E-state index in [2.05, 4.69) is 91.0 Å². The minimum absolute atomic E-state index is 0.261. The van der Waals surface area contributed by atoms with Crippen LogP contribution in [0.2, 0.25) is 0 Å². The Hall–Kier alpha value is -1.79. The quantitative estimate of drug-likeness (QED) is 0.401. The van der Waals surface area contributed by atoms with Crippen molar-refractivity contribution in [3.05, 3.63) is 107 Å². The average Bonchev–Trinajstić information content (AvgIpc) is 2.65. The van der Waals surface area contributed by atoms with Crippen molar-refractivity contribution in [1.82, 2.24) is 0 Å². The fourth-order valence-electron chi connectivity index (χ4n) is 2.64. The molecule has 0 saturated heterocycles. The van der Waals surface area contributed by atoms with Gasteiger partial charge < -0.3 is 0 Å². The van der Waals surface area contributed by atoms with Crippen molar-refractivity contribution in [3.63, 3.8) is 0 Å². The molecule has 0 saturated carbocycles. The van der Waals surface area contributed by atoms with Crippen molar-refractivity contribution in [2.24, 2.45) is 0 Å². The Morgan fingerprint density at radius 2 is 1.12 bits per heavy atom. The van der Waals surface area contributed by atoms with Crippen LogP contribution in [0.3, 0.4) is 0 Å². The first-order valence-corrected chi connectivity index (χ1v) is 10.3. The van der Waals surface area contributed by atoms with Crippen molar-refractivity contribution in [2.45, 2.75) is 6.42 Å². The third-order valence-electron chi connectivity index (χ3n) is 3.71. The third-order valence-corrected chi connectivity index (χ3v) is 6.34. The molecule has 24 heavy (non-hydrogen) atoms. The zero-order valence-corrected chi connectivity index (χ0v) is 15.8. The van der Waals surface area contributed by atoms with Gasteiger partial charge in [0.25, 0.3) is 0 Å². The van der Waals surface area contributed by atoms with Gasteiger partial charge in [-0.05, 0) is 0 Å². The molecular weight excluding hydrogens is 379 g/mol. The van der Waals surface area contributed by atoms with Gasteiger partial charge >= 0.3 is 155 Å². The second kappa shape index (κ2) is 8.89. The molecule has 2 heteroatoms. The van der Waals surface area contributed by atoms with E-state index in [1.165, 1.54) is 25.6 Å². The molecule has 3 rings (SSSR count). The van der Waals surface area contributed by atoms with E-state index in [1.807, 2.05) is 0 Å². The fraction of sp³-hybridized carbons (Fsp3) is 0.0909. The van der Waals surface area contributed by atoms with Crippen molar-refractivity contribution in [3.8, 4) is 0 Å². The van der Waals surface area contributed by atoms with Crippen LogP contribution >= 0.6 is 11.6 Å². The van der Waals surface area contributed by atoms with Gasteiger partial charge in [0, 0.05) is 0 Å². The zero-order valence-electron chi connectivity index (χ0n) is 13.4. The van der Waals surface area contributed by atoms with Crippen LogP contribution in [0, 0.1) is 0 Å². The Labute approximate surface area is 155 Å². The van der Waals surface area contributed by atoms with E-state index in [0.29, 0.717) is 5.88 Å². The SMILES string of the molecule is ClCCC([Se]c1ccccc1)=C(c1ccccc1)c1ccccc1. The van der Waals surface area contributed by atoms with Gasteiger partial charge in [-0.3, -0.25) is 0 Å². The molecule has 0 N–H and O–H groups in total. The number of rotatable bonds is 6. The number of halogens is 1. The minimum atomic E-state index is 0.261. The van der Waals surface area contributed by atoms with Gasteiger partial charge in [0.05, 0.1) is 0 Å². The number of allylic oxidation sites excluding steroid dienone is 1. The van der Waals surface area contributed by atoms with Gasteiger partial charge in [0.15, 0.2) is 0 Å². The number of alkyl halides is 1. The molecule has 0 aliphatic carbocycles. The summed E-state index contributed by atoms with van der Waals surface area (Å²) in [5, 5.41) is 0. The summed E-state index contributed by atoms with van der Waals surface area (Å²) in [6.45, 7) is 0. The van der Waals surface area contributed by atoms with Crippen molar-refractivity contribution in [1.29, 1.82) is 0 Å². The molecular formula is C22H19ClSe. The molecule has 0 radical (unpaired) electrons. The summed E-state index contributed by atoms with van der Waals surface area (Å²) >= 11 is 6.42. The molecule has 0 heterocycles. The molecule has 3 aromatic carbocycles. The molecule has 120 valence electrons. The van der Waals surface area contributed by atoms with Crippen molar-refractivity contribution >= 4 is 36.6 Å². The first kappa shape index (κ1) is 17.0. The van der Waals surface area contributed by atoms with E-state index in [4.69, 9.17) is 11.6 Å². The van der Waals surface area contributed by atoms with Crippen LogP contribution in [0.15, 0.2) is 95.5 Å². The number of hydrogen-bond donors (Lipinski definition) is 0. The molecule has 0 atom stereocenters. The van der Waals surface area contributed by atoms with Gasteiger partial charge in [0.2, 0.25) is 0 Å². The Bertz CT molecular complexity index is 738. The Morgan fingerprint density at radius 1 is 0.667 bits per heavy atom. The molecule has 0 nitrogen and oxygen atoms in total. The van der Waals surface area contributed by atoms with Crippen molar-refractivity contribution < 1.29 is 0 Å². The van der Waals surface area contributed by atoms with Gasteiger partial charge in [-0.25, -0.2) is 0 Å². The summed E-state index contributed by atoms with van der Waals surface area (Å²) in [7, 11) is 0. The summed E-state index contributed by atoms with van der Waals surface area (Å²) in [6, 6.07) is 32.0. The van der Waals surface area contributed by atoms with E-state index >= 15 is 0 Å². The van der Waals surface area contributed by atoms with Gasteiger partial charge in [-0.2, -0.15) is 0 Å². The summed E-state index contributed by atoms with van der Waals surface area (Å²) in [5.41, 5.74) is 3.86. The van der Waals surface area contributed by atoms with Gasteiger partial charge in [0.1, 0.15) is 0 Å². The van der Waals surface area contributed by atoms with Crippen molar-refractivity contribution in [2.75, 3.05) is 5.88 Å². The van der Waals surface area contributed by atoms with Crippen LogP contribution in [-0.2, 0) is 0 Å². The molecule has 0 spiro atoms. The number of hydrogen-bond acceptors (Lipinski definition) is 0. The maximum atomic E-state index is 6.16. The standard InChI is InChI=1S/C22H19ClSe/c23-17-16-21(24-20-14-8-3-9-15-20)22(18-10-4-1-5-11-18)19-12-6-2-7-13-19/h1-15H,16-17H2. The second-order valence-electron chi connectivity index (χ2n) is 5.38. The first-order valence-electron chi connectivity index (χ1n) is 8.01. The van der Waals surface area contributed by atoms with Gasteiger partial charge in [-0.15, -0.1) is 0 Å². The number of benzene rings is 3. The molecule has 0 bridgehead atoms. The van der Waals surface area contributed by atoms with E-state index in [0.717, 1.165) is 6.42 Å². The molecule has 0 unspecified atom stereocenters. The monoisotopic (exact) mass is 398 g/mol. The Balaban J connectivity index is 2.13. The Morgan fingerprint density at radius 3 is 1.58 bits per heavy atom. The van der Waals surface area contributed by atoms with Crippen LogP contribution in [-0.4, -0.2) is 20.8 Å². The van der Waals surface area contributed by atoms with E-state index in [1.54, 1.807) is 0 Å². The molecule has 0 fully saturated rings. The third kappa shape index (κ3) is 4.39. The van der Waals surface area contributed by atoms with E-state index in [-0.39, 0.29) is 15.0 Å². The second-order valence-corrected chi connectivity index (χ2v) is 8.21.